The highest BCUT2D eigenvalue weighted by Crippen LogP contribution is 2.27. The number of hydrogen-bond acceptors (Lipinski definition) is 7. The molecule has 1 amide bonds. The van der Waals surface area contributed by atoms with Crippen LogP contribution in [0.1, 0.15) is 21.5 Å². The second kappa shape index (κ2) is 12.0. The summed E-state index contributed by atoms with van der Waals surface area (Å²) in [6.07, 6.45) is 0.998. The number of benzene rings is 2. The molecule has 0 bridgehead atoms. The largest absolute Gasteiger partial charge is 0.351 e. The first-order chi connectivity index (χ1) is 18.9. The molecule has 2 heterocycles. The highest BCUT2D eigenvalue weighted by molar-refractivity contribution is 7.94. The fourth-order valence-electron chi connectivity index (χ4n) is 4.18. The van der Waals surface area contributed by atoms with Crippen molar-refractivity contribution < 1.29 is 22.4 Å². The molecule has 4 rings (SSSR count). The van der Waals surface area contributed by atoms with Gasteiger partial charge < -0.3 is 10.2 Å². The van der Waals surface area contributed by atoms with Crippen molar-refractivity contribution in [3.8, 4) is 5.69 Å². The van der Waals surface area contributed by atoms with Gasteiger partial charge >= 0.3 is 0 Å². The number of aryl methyl sites for hydroxylation is 1. The molecule has 12 heteroatoms. The summed E-state index contributed by atoms with van der Waals surface area (Å²) in [5, 5.41) is 3.55. The molecular formula is C28H27ClFN3O5S2. The monoisotopic (exact) mass is 603 g/mol. The number of likely N-dealkylation sites (N-methyl/N-ethyl adjacent to an activating group) is 1. The number of sulfone groups is 1. The Morgan fingerprint density at radius 3 is 2.48 bits per heavy atom. The number of carbonyl (C=O) groups is 2. The van der Waals surface area contributed by atoms with E-state index in [1.165, 1.54) is 30.5 Å². The lowest BCUT2D eigenvalue weighted by Crippen LogP contribution is -2.32. The van der Waals surface area contributed by atoms with Crippen LogP contribution < -0.4 is 10.9 Å². The van der Waals surface area contributed by atoms with Crippen LogP contribution in [0.2, 0.25) is 4.34 Å². The number of halogens is 2. The second-order valence-electron chi connectivity index (χ2n) is 9.64. The Labute approximate surface area is 239 Å². The summed E-state index contributed by atoms with van der Waals surface area (Å²) in [4.78, 5) is 40.9. The minimum absolute atomic E-state index is 0.0141. The SMILES string of the molecule is Cc1ccc2c(=O)n(-c3ccc(CC(=O)CS(=O)(=O)c4ccc(Cl)s4)cc3F)cc(C(=O)NCCN(C)C)c2c1. The van der Waals surface area contributed by atoms with Gasteiger partial charge in [-0.2, -0.15) is 0 Å². The van der Waals surface area contributed by atoms with E-state index in [9.17, 15) is 22.8 Å². The number of Topliss-reactive ketones (excluding diaryl/α,β-unsaturated/α-hetero) is 1. The molecule has 0 aliphatic heterocycles. The average Bonchev–Trinajstić information content (AvgIpc) is 3.31. The van der Waals surface area contributed by atoms with Crippen LogP contribution >= 0.6 is 22.9 Å². The van der Waals surface area contributed by atoms with E-state index in [0.29, 0.717) is 18.5 Å². The molecule has 0 radical (unpaired) electrons. The van der Waals surface area contributed by atoms with Crippen LogP contribution in [-0.2, 0) is 21.1 Å². The van der Waals surface area contributed by atoms with Gasteiger partial charge in [0, 0.05) is 36.5 Å². The number of rotatable bonds is 10. The number of carbonyl (C=O) groups excluding carboxylic acids is 2. The molecule has 0 saturated heterocycles. The molecule has 0 aliphatic carbocycles. The highest BCUT2D eigenvalue weighted by atomic mass is 35.5. The van der Waals surface area contributed by atoms with Crippen LogP contribution in [0.15, 0.2) is 63.7 Å². The maximum Gasteiger partial charge on any atom is 0.263 e. The molecule has 0 aliphatic rings. The van der Waals surface area contributed by atoms with Crippen molar-refractivity contribution in [3.05, 3.63) is 91.9 Å². The van der Waals surface area contributed by atoms with Gasteiger partial charge in [0.05, 0.1) is 15.6 Å². The van der Waals surface area contributed by atoms with E-state index in [0.717, 1.165) is 27.5 Å². The smallest absolute Gasteiger partial charge is 0.263 e. The topological polar surface area (TPSA) is 106 Å². The van der Waals surface area contributed by atoms with E-state index >= 15 is 4.39 Å². The van der Waals surface area contributed by atoms with Crippen molar-refractivity contribution in [2.45, 2.75) is 17.6 Å². The van der Waals surface area contributed by atoms with Gasteiger partial charge in [0.1, 0.15) is 15.8 Å². The third-order valence-electron chi connectivity index (χ3n) is 6.14. The van der Waals surface area contributed by atoms with E-state index < -0.39 is 38.7 Å². The Kier molecular flexibility index (Phi) is 8.89. The van der Waals surface area contributed by atoms with Gasteiger partial charge in [0.25, 0.3) is 11.5 Å². The highest BCUT2D eigenvalue weighted by Gasteiger charge is 2.22. The van der Waals surface area contributed by atoms with Crippen LogP contribution in [0.4, 0.5) is 4.39 Å². The predicted molar refractivity (Wildman–Crippen MR) is 155 cm³/mol. The molecule has 2 aromatic carbocycles. The number of fused-ring (bicyclic) bond motifs is 1. The molecule has 0 spiro atoms. The molecule has 8 nitrogen and oxygen atoms in total. The molecule has 2 aromatic heterocycles. The fraction of sp³-hybridized carbons (Fsp3) is 0.250. The number of nitrogens with zero attached hydrogens (tertiary/aromatic N) is 2. The van der Waals surface area contributed by atoms with Crippen LogP contribution in [0, 0.1) is 12.7 Å². The Morgan fingerprint density at radius 1 is 1.07 bits per heavy atom. The minimum atomic E-state index is -3.87. The van der Waals surface area contributed by atoms with Crippen molar-refractivity contribution in [1.29, 1.82) is 0 Å². The zero-order chi connectivity index (χ0) is 29.2. The zero-order valence-corrected chi connectivity index (χ0v) is 24.4. The van der Waals surface area contributed by atoms with Gasteiger partial charge in [0.2, 0.25) is 0 Å². The van der Waals surface area contributed by atoms with Gasteiger partial charge in [-0.25, -0.2) is 12.8 Å². The average molecular weight is 604 g/mol. The van der Waals surface area contributed by atoms with Crippen molar-refractivity contribution >= 4 is 55.2 Å². The molecule has 4 aromatic rings. The number of pyridine rings is 1. The lowest BCUT2D eigenvalue weighted by Gasteiger charge is -2.15. The molecular weight excluding hydrogens is 577 g/mol. The quantitative estimate of drug-likeness (QED) is 0.293. The minimum Gasteiger partial charge on any atom is -0.351 e. The Bertz CT molecular complexity index is 1780. The number of amides is 1. The normalized spacial score (nSPS) is 11.8. The molecule has 0 saturated carbocycles. The van der Waals surface area contributed by atoms with Crippen LogP contribution in [-0.4, -0.2) is 62.5 Å². The number of thiophene rings is 1. The number of hydrogen-bond donors (Lipinski definition) is 1. The number of nitrogens with one attached hydrogen (secondary N) is 1. The first-order valence-electron chi connectivity index (χ1n) is 12.2. The van der Waals surface area contributed by atoms with E-state index in [1.807, 2.05) is 25.9 Å². The third kappa shape index (κ3) is 6.67. The van der Waals surface area contributed by atoms with Crippen molar-refractivity contribution in [1.82, 2.24) is 14.8 Å². The summed E-state index contributed by atoms with van der Waals surface area (Å²) in [5.74, 6) is -2.57. The van der Waals surface area contributed by atoms with Gasteiger partial charge in [0.15, 0.2) is 15.6 Å². The zero-order valence-electron chi connectivity index (χ0n) is 22.0. The lowest BCUT2D eigenvalue weighted by atomic mass is 10.0. The van der Waals surface area contributed by atoms with Crippen LogP contribution in [0.3, 0.4) is 0 Å². The molecule has 210 valence electrons. The van der Waals surface area contributed by atoms with E-state index in [4.69, 9.17) is 11.6 Å². The summed E-state index contributed by atoms with van der Waals surface area (Å²) in [5.41, 5.74) is 0.706. The van der Waals surface area contributed by atoms with Gasteiger partial charge in [-0.3, -0.25) is 19.0 Å². The van der Waals surface area contributed by atoms with Gasteiger partial charge in [-0.05, 0) is 56.9 Å². The van der Waals surface area contributed by atoms with Crippen LogP contribution in [0.25, 0.3) is 16.5 Å². The maximum absolute atomic E-state index is 15.4. The summed E-state index contributed by atoms with van der Waals surface area (Å²) < 4.78 is 41.7. The fourth-order valence-corrected chi connectivity index (χ4v) is 7.00. The van der Waals surface area contributed by atoms with Crippen molar-refractivity contribution in [2.75, 3.05) is 32.9 Å². The molecule has 40 heavy (non-hydrogen) atoms. The van der Waals surface area contributed by atoms with Crippen molar-refractivity contribution in [2.24, 2.45) is 0 Å². The number of ketones is 1. The van der Waals surface area contributed by atoms with E-state index in [2.05, 4.69) is 5.32 Å². The standard InChI is InChI=1S/C28H27ClFN3O5S2/c1-17-4-6-20-21(12-17)22(27(35)31-10-11-32(2)3)15-33(28(20)36)24-7-5-18(14-23(24)30)13-19(34)16-40(37,38)26-9-8-25(29)39-26/h4-9,12,14-15H,10-11,13,16H2,1-3H3,(H,31,35). The Hall–Kier alpha value is -3.38. The first kappa shape index (κ1) is 29.6. The summed E-state index contributed by atoms with van der Waals surface area (Å²) in [6, 6.07) is 11.7. The molecule has 1 N–H and O–H groups in total. The van der Waals surface area contributed by atoms with E-state index in [-0.39, 0.29) is 37.2 Å². The Balaban J connectivity index is 1.64. The maximum atomic E-state index is 15.4. The third-order valence-corrected chi connectivity index (χ3v) is 9.63. The summed E-state index contributed by atoms with van der Waals surface area (Å²) >= 11 is 6.66. The molecule has 0 unspecified atom stereocenters. The lowest BCUT2D eigenvalue weighted by molar-refractivity contribution is -0.116. The van der Waals surface area contributed by atoms with Crippen LogP contribution in [0.5, 0.6) is 0 Å². The van der Waals surface area contributed by atoms with Crippen molar-refractivity contribution in [3.63, 3.8) is 0 Å². The molecule has 0 atom stereocenters. The predicted octanol–water partition coefficient (Wildman–Crippen LogP) is 4.03. The summed E-state index contributed by atoms with van der Waals surface area (Å²) in [6.45, 7) is 2.84. The molecule has 0 fully saturated rings. The Morgan fingerprint density at radius 2 is 1.82 bits per heavy atom. The van der Waals surface area contributed by atoms with E-state index in [1.54, 1.807) is 18.2 Å². The van der Waals surface area contributed by atoms with Gasteiger partial charge in [-0.15, -0.1) is 11.3 Å². The number of aromatic nitrogens is 1. The summed E-state index contributed by atoms with van der Waals surface area (Å²) in [7, 11) is -0.112. The first-order valence-corrected chi connectivity index (χ1v) is 15.1. The second-order valence-corrected chi connectivity index (χ2v) is 13.6. The van der Waals surface area contributed by atoms with Gasteiger partial charge in [-0.1, -0.05) is 35.4 Å².